The molecule has 0 aliphatic carbocycles. The number of nitrogens with one attached hydrogen (secondary N) is 1. The van der Waals surface area contributed by atoms with Crippen LogP contribution in [-0.4, -0.2) is 10.5 Å². The van der Waals surface area contributed by atoms with Crippen LogP contribution in [-0.2, 0) is 6.42 Å². The largest absolute Gasteiger partial charge is 0.469 e. The fourth-order valence-electron chi connectivity index (χ4n) is 2.10. The van der Waals surface area contributed by atoms with Gasteiger partial charge in [-0.3, -0.25) is 10.2 Å². The molecule has 0 spiro atoms. The number of hydrazine groups is 1. The van der Waals surface area contributed by atoms with Gasteiger partial charge in [-0.15, -0.1) is 0 Å². The van der Waals surface area contributed by atoms with E-state index >= 15 is 0 Å². The molecule has 18 heavy (non-hydrogen) atoms. The third kappa shape index (κ3) is 2.31. The Kier molecular flexibility index (Phi) is 3.53. The first kappa shape index (κ1) is 12.4. The summed E-state index contributed by atoms with van der Waals surface area (Å²) in [5.41, 5.74) is 3.76. The number of amides is 1. The van der Waals surface area contributed by atoms with Crippen LogP contribution in [0.3, 0.4) is 0 Å². The number of rotatable bonds is 4. The number of furan rings is 1. The zero-order chi connectivity index (χ0) is 13.1. The Morgan fingerprint density at radius 2 is 2.22 bits per heavy atom. The zero-order valence-corrected chi connectivity index (χ0v) is 10.5. The van der Waals surface area contributed by atoms with E-state index in [0.717, 1.165) is 11.5 Å². The van der Waals surface area contributed by atoms with Gasteiger partial charge in [-0.25, -0.2) is 5.84 Å². The molecule has 5 heteroatoms. The summed E-state index contributed by atoms with van der Waals surface area (Å²) < 4.78 is 7.29. The predicted octanol–water partition coefficient (Wildman–Crippen LogP) is 1.86. The van der Waals surface area contributed by atoms with Gasteiger partial charge >= 0.3 is 0 Å². The molecule has 5 nitrogen and oxygen atoms in total. The van der Waals surface area contributed by atoms with E-state index in [9.17, 15) is 4.79 Å². The summed E-state index contributed by atoms with van der Waals surface area (Å²) in [6, 6.07) is 7.65. The van der Waals surface area contributed by atoms with E-state index in [1.165, 1.54) is 0 Å². The lowest BCUT2D eigenvalue weighted by atomic mass is 10.2. The van der Waals surface area contributed by atoms with Crippen LogP contribution in [0, 0.1) is 0 Å². The Labute approximate surface area is 106 Å². The Morgan fingerprint density at radius 1 is 1.44 bits per heavy atom. The summed E-state index contributed by atoms with van der Waals surface area (Å²) in [7, 11) is 0. The first-order chi connectivity index (χ1) is 8.63. The van der Waals surface area contributed by atoms with Crippen LogP contribution in [0.15, 0.2) is 34.9 Å². The highest BCUT2D eigenvalue weighted by molar-refractivity contribution is 5.92. The smallest absolute Gasteiger partial charge is 0.281 e. The van der Waals surface area contributed by atoms with Gasteiger partial charge in [-0.2, -0.15) is 0 Å². The van der Waals surface area contributed by atoms with Crippen molar-refractivity contribution < 1.29 is 9.21 Å². The van der Waals surface area contributed by atoms with Crippen LogP contribution in [0.25, 0.3) is 0 Å². The fraction of sp³-hybridized carbons (Fsp3) is 0.308. The van der Waals surface area contributed by atoms with Crippen molar-refractivity contribution in [3.05, 3.63) is 47.7 Å². The minimum Gasteiger partial charge on any atom is -0.469 e. The average molecular weight is 247 g/mol. The molecular formula is C13H17N3O2. The Balaban J connectivity index is 2.36. The van der Waals surface area contributed by atoms with Gasteiger partial charge in [0, 0.05) is 18.2 Å². The van der Waals surface area contributed by atoms with Gasteiger partial charge in [-0.05, 0) is 38.1 Å². The van der Waals surface area contributed by atoms with Crippen LogP contribution in [0.1, 0.15) is 41.8 Å². The predicted molar refractivity (Wildman–Crippen MR) is 68.0 cm³/mol. The highest BCUT2D eigenvalue weighted by Gasteiger charge is 2.16. The van der Waals surface area contributed by atoms with E-state index in [1.54, 1.807) is 12.3 Å². The summed E-state index contributed by atoms with van der Waals surface area (Å²) in [5.74, 6) is 5.77. The molecule has 0 unspecified atom stereocenters. The minimum absolute atomic E-state index is 0.178. The summed E-state index contributed by atoms with van der Waals surface area (Å²) in [6.07, 6.45) is 2.30. The van der Waals surface area contributed by atoms with E-state index in [0.29, 0.717) is 12.1 Å². The molecule has 0 saturated heterocycles. The summed E-state index contributed by atoms with van der Waals surface area (Å²) in [6.45, 7) is 4.05. The number of carbonyl (C=O) groups is 1. The molecule has 0 fully saturated rings. The third-order valence-corrected chi connectivity index (χ3v) is 2.82. The first-order valence-electron chi connectivity index (χ1n) is 5.87. The second-order valence-corrected chi connectivity index (χ2v) is 4.40. The molecule has 0 aliphatic rings. The highest BCUT2D eigenvalue weighted by Crippen LogP contribution is 2.19. The number of carbonyl (C=O) groups excluding carboxylic acids is 1. The number of nitrogen functional groups attached to an aromatic ring is 1. The van der Waals surface area contributed by atoms with Crippen molar-refractivity contribution in [3.8, 4) is 0 Å². The maximum atomic E-state index is 11.7. The Bertz CT molecular complexity index is 526. The van der Waals surface area contributed by atoms with Crippen LogP contribution in [0.4, 0.5) is 0 Å². The van der Waals surface area contributed by atoms with Gasteiger partial charge in [0.15, 0.2) is 0 Å². The maximum Gasteiger partial charge on any atom is 0.281 e. The van der Waals surface area contributed by atoms with Gasteiger partial charge in [0.1, 0.15) is 11.5 Å². The highest BCUT2D eigenvalue weighted by atomic mass is 16.3. The average Bonchev–Trinajstić information content (AvgIpc) is 2.97. The van der Waals surface area contributed by atoms with E-state index in [1.807, 2.05) is 36.6 Å². The topological polar surface area (TPSA) is 73.2 Å². The monoisotopic (exact) mass is 247 g/mol. The van der Waals surface area contributed by atoms with Gasteiger partial charge in [0.25, 0.3) is 5.91 Å². The number of hydrogen-bond acceptors (Lipinski definition) is 3. The lowest BCUT2D eigenvalue weighted by Gasteiger charge is -2.16. The Hall–Kier alpha value is -2.01. The van der Waals surface area contributed by atoms with Crippen LogP contribution in [0.2, 0.25) is 0 Å². The van der Waals surface area contributed by atoms with Crippen molar-refractivity contribution in [2.45, 2.75) is 26.3 Å². The fourth-order valence-corrected chi connectivity index (χ4v) is 2.10. The minimum atomic E-state index is -0.283. The molecule has 96 valence electrons. The lowest BCUT2D eigenvalue weighted by molar-refractivity contribution is 0.0942. The molecule has 2 aromatic rings. The number of hydrogen-bond donors (Lipinski definition) is 2. The van der Waals surface area contributed by atoms with E-state index in [4.69, 9.17) is 10.3 Å². The molecule has 0 aromatic carbocycles. The first-order valence-corrected chi connectivity index (χ1v) is 5.87. The third-order valence-electron chi connectivity index (χ3n) is 2.82. The quantitative estimate of drug-likeness (QED) is 0.492. The van der Waals surface area contributed by atoms with E-state index < -0.39 is 0 Å². The van der Waals surface area contributed by atoms with Crippen LogP contribution >= 0.6 is 0 Å². The molecule has 2 aromatic heterocycles. The van der Waals surface area contributed by atoms with Crippen molar-refractivity contribution in [2.75, 3.05) is 0 Å². The molecule has 0 saturated carbocycles. The van der Waals surface area contributed by atoms with Crippen molar-refractivity contribution >= 4 is 5.91 Å². The Morgan fingerprint density at radius 3 is 2.78 bits per heavy atom. The van der Waals surface area contributed by atoms with Crippen molar-refractivity contribution in [1.82, 2.24) is 9.99 Å². The molecule has 3 N–H and O–H groups in total. The molecule has 1 amide bonds. The normalized spacial score (nSPS) is 10.9. The SMILES string of the molecule is CC(C)n1c(Cc2ccco2)ccc1C(=O)NN. The second kappa shape index (κ2) is 5.10. The van der Waals surface area contributed by atoms with Crippen molar-refractivity contribution in [1.29, 1.82) is 0 Å². The van der Waals surface area contributed by atoms with Gasteiger partial charge in [0.2, 0.25) is 0 Å². The molecule has 0 atom stereocenters. The van der Waals surface area contributed by atoms with Crippen LogP contribution in [0.5, 0.6) is 0 Å². The molecule has 0 bridgehead atoms. The van der Waals surface area contributed by atoms with Gasteiger partial charge in [0.05, 0.1) is 6.26 Å². The summed E-state index contributed by atoms with van der Waals surface area (Å²) >= 11 is 0. The van der Waals surface area contributed by atoms with Gasteiger partial charge in [-0.1, -0.05) is 0 Å². The number of aromatic nitrogens is 1. The zero-order valence-electron chi connectivity index (χ0n) is 10.5. The van der Waals surface area contributed by atoms with E-state index in [2.05, 4.69) is 5.43 Å². The molecule has 0 aliphatic heterocycles. The maximum absolute atomic E-state index is 11.7. The standard InChI is InChI=1S/C13H17N3O2/c1-9(2)16-10(8-11-4-3-7-18-11)5-6-12(16)13(17)15-14/h3-7,9H,8,14H2,1-2H3,(H,15,17). The molecule has 2 heterocycles. The van der Waals surface area contributed by atoms with Gasteiger partial charge < -0.3 is 8.98 Å². The summed E-state index contributed by atoms with van der Waals surface area (Å²) in [5, 5.41) is 0. The van der Waals surface area contributed by atoms with Crippen molar-refractivity contribution in [2.24, 2.45) is 5.84 Å². The van der Waals surface area contributed by atoms with Crippen molar-refractivity contribution in [3.63, 3.8) is 0 Å². The summed E-state index contributed by atoms with van der Waals surface area (Å²) in [4.78, 5) is 11.7. The molecular weight excluding hydrogens is 230 g/mol. The second-order valence-electron chi connectivity index (χ2n) is 4.40. The number of nitrogens with two attached hydrogens (primary N) is 1. The lowest BCUT2D eigenvalue weighted by Crippen LogP contribution is -2.32. The molecule has 2 rings (SSSR count). The van der Waals surface area contributed by atoms with E-state index in [-0.39, 0.29) is 11.9 Å². The molecule has 0 radical (unpaired) electrons. The number of nitrogens with zero attached hydrogens (tertiary/aromatic N) is 1. The van der Waals surface area contributed by atoms with Crippen LogP contribution < -0.4 is 11.3 Å².